The van der Waals surface area contributed by atoms with Crippen LogP contribution in [0.5, 0.6) is 0 Å². The molecule has 1 heterocycles. The molecule has 4 nitrogen and oxygen atoms in total. The third-order valence-corrected chi connectivity index (χ3v) is 2.97. The van der Waals surface area contributed by atoms with Gasteiger partial charge in [-0.2, -0.15) is 5.10 Å². The summed E-state index contributed by atoms with van der Waals surface area (Å²) in [5.74, 6) is 0.853. The van der Waals surface area contributed by atoms with Crippen molar-refractivity contribution >= 4 is 0 Å². The summed E-state index contributed by atoms with van der Waals surface area (Å²) < 4.78 is 1.76. The SMILES string of the molecule is CC1CC(NCC(O)Cn2cccn2)C1. The molecular formula is C11H19N3O. The van der Waals surface area contributed by atoms with Crippen LogP contribution in [0.15, 0.2) is 18.5 Å². The number of aliphatic hydroxyl groups is 1. The Morgan fingerprint density at radius 3 is 3.00 bits per heavy atom. The molecule has 0 aromatic carbocycles. The third kappa shape index (κ3) is 3.04. The standard InChI is InChI=1S/C11H19N3O/c1-9-5-10(6-9)12-7-11(15)8-14-4-2-3-13-14/h2-4,9-12,15H,5-8H2,1H3. The maximum atomic E-state index is 9.73. The minimum Gasteiger partial charge on any atom is -0.390 e. The second kappa shape index (κ2) is 4.77. The minimum absolute atomic E-state index is 0.346. The number of aromatic nitrogens is 2. The van der Waals surface area contributed by atoms with E-state index in [0.717, 1.165) is 5.92 Å². The van der Waals surface area contributed by atoms with Crippen LogP contribution in [0.3, 0.4) is 0 Å². The Kier molecular flexibility index (Phi) is 3.38. The maximum Gasteiger partial charge on any atom is 0.0860 e. The van der Waals surface area contributed by atoms with Gasteiger partial charge < -0.3 is 10.4 Å². The van der Waals surface area contributed by atoms with Gasteiger partial charge in [0.25, 0.3) is 0 Å². The first-order chi connectivity index (χ1) is 7.24. The summed E-state index contributed by atoms with van der Waals surface area (Å²) in [5, 5.41) is 17.2. The van der Waals surface area contributed by atoms with E-state index in [1.807, 2.05) is 12.3 Å². The lowest BCUT2D eigenvalue weighted by molar-refractivity contribution is 0.129. The maximum absolute atomic E-state index is 9.73. The van der Waals surface area contributed by atoms with Crippen LogP contribution in [-0.2, 0) is 6.54 Å². The lowest BCUT2D eigenvalue weighted by Gasteiger charge is -2.34. The van der Waals surface area contributed by atoms with Gasteiger partial charge in [-0.3, -0.25) is 4.68 Å². The van der Waals surface area contributed by atoms with E-state index in [1.54, 1.807) is 10.9 Å². The fourth-order valence-electron chi connectivity index (χ4n) is 2.06. The van der Waals surface area contributed by atoms with Crippen LogP contribution in [0, 0.1) is 5.92 Å². The number of hydrogen-bond acceptors (Lipinski definition) is 3. The number of nitrogens with zero attached hydrogens (tertiary/aromatic N) is 2. The van der Waals surface area contributed by atoms with Crippen molar-refractivity contribution in [1.29, 1.82) is 0 Å². The summed E-state index contributed by atoms with van der Waals surface area (Å²) >= 11 is 0. The zero-order chi connectivity index (χ0) is 10.7. The van der Waals surface area contributed by atoms with Crippen LogP contribution in [0.2, 0.25) is 0 Å². The van der Waals surface area contributed by atoms with Crippen molar-refractivity contribution < 1.29 is 5.11 Å². The van der Waals surface area contributed by atoms with Gasteiger partial charge in [-0.1, -0.05) is 6.92 Å². The van der Waals surface area contributed by atoms with Crippen LogP contribution in [0.1, 0.15) is 19.8 Å². The molecule has 0 saturated heterocycles. The molecule has 84 valence electrons. The number of aliphatic hydroxyl groups excluding tert-OH is 1. The molecule has 0 amide bonds. The van der Waals surface area contributed by atoms with E-state index in [9.17, 15) is 5.11 Å². The van der Waals surface area contributed by atoms with Gasteiger partial charge in [0.2, 0.25) is 0 Å². The van der Waals surface area contributed by atoms with Gasteiger partial charge in [-0.15, -0.1) is 0 Å². The molecule has 1 aromatic heterocycles. The highest BCUT2D eigenvalue weighted by molar-refractivity contribution is 4.83. The molecule has 0 radical (unpaired) electrons. The molecule has 0 bridgehead atoms. The first kappa shape index (κ1) is 10.6. The second-order valence-corrected chi connectivity index (χ2v) is 4.56. The Hall–Kier alpha value is -0.870. The molecule has 1 aliphatic rings. The quantitative estimate of drug-likeness (QED) is 0.748. The van der Waals surface area contributed by atoms with Crippen LogP contribution in [0.25, 0.3) is 0 Å². The Labute approximate surface area is 90.3 Å². The molecule has 2 N–H and O–H groups in total. The Bertz CT molecular complexity index is 280. The van der Waals surface area contributed by atoms with Crippen molar-refractivity contribution in [3.05, 3.63) is 18.5 Å². The topological polar surface area (TPSA) is 50.1 Å². The smallest absolute Gasteiger partial charge is 0.0860 e. The molecular weight excluding hydrogens is 190 g/mol. The van der Waals surface area contributed by atoms with Crippen molar-refractivity contribution in [3.8, 4) is 0 Å². The van der Waals surface area contributed by atoms with Crippen molar-refractivity contribution in [2.75, 3.05) is 6.54 Å². The Morgan fingerprint density at radius 1 is 1.60 bits per heavy atom. The first-order valence-corrected chi connectivity index (χ1v) is 5.63. The van der Waals surface area contributed by atoms with Crippen LogP contribution in [0.4, 0.5) is 0 Å². The van der Waals surface area contributed by atoms with E-state index in [4.69, 9.17) is 0 Å². The zero-order valence-corrected chi connectivity index (χ0v) is 9.13. The van der Waals surface area contributed by atoms with Crippen molar-refractivity contribution in [1.82, 2.24) is 15.1 Å². The van der Waals surface area contributed by atoms with Gasteiger partial charge in [0.15, 0.2) is 0 Å². The van der Waals surface area contributed by atoms with Crippen LogP contribution < -0.4 is 5.32 Å². The summed E-state index contributed by atoms with van der Waals surface area (Å²) in [6.07, 6.45) is 5.74. The highest BCUT2D eigenvalue weighted by Crippen LogP contribution is 2.25. The molecule has 1 fully saturated rings. The second-order valence-electron chi connectivity index (χ2n) is 4.56. The number of rotatable bonds is 5. The summed E-state index contributed by atoms with van der Waals surface area (Å²) in [5.41, 5.74) is 0. The first-order valence-electron chi connectivity index (χ1n) is 5.63. The van der Waals surface area contributed by atoms with E-state index >= 15 is 0 Å². The van der Waals surface area contributed by atoms with Crippen molar-refractivity contribution in [2.24, 2.45) is 5.92 Å². The summed E-state index contributed by atoms with van der Waals surface area (Å²) in [4.78, 5) is 0. The van der Waals surface area contributed by atoms with Crippen LogP contribution >= 0.6 is 0 Å². The lowest BCUT2D eigenvalue weighted by Crippen LogP contribution is -2.44. The van der Waals surface area contributed by atoms with Gasteiger partial charge in [-0.25, -0.2) is 0 Å². The zero-order valence-electron chi connectivity index (χ0n) is 9.13. The van der Waals surface area contributed by atoms with E-state index in [-0.39, 0.29) is 6.10 Å². The average molecular weight is 209 g/mol. The minimum atomic E-state index is -0.346. The Balaban J connectivity index is 1.62. The molecule has 1 saturated carbocycles. The molecule has 1 unspecified atom stereocenters. The molecule has 1 atom stereocenters. The molecule has 4 heteroatoms. The third-order valence-electron chi connectivity index (χ3n) is 2.97. The molecule has 2 rings (SSSR count). The lowest BCUT2D eigenvalue weighted by atomic mass is 9.82. The predicted molar refractivity (Wildman–Crippen MR) is 58.4 cm³/mol. The monoisotopic (exact) mass is 209 g/mol. The van der Waals surface area contributed by atoms with Gasteiger partial charge in [-0.05, 0) is 24.8 Å². The van der Waals surface area contributed by atoms with Crippen molar-refractivity contribution in [2.45, 2.75) is 38.5 Å². The molecule has 15 heavy (non-hydrogen) atoms. The van der Waals surface area contributed by atoms with E-state index < -0.39 is 0 Å². The van der Waals surface area contributed by atoms with E-state index in [0.29, 0.717) is 19.1 Å². The highest BCUT2D eigenvalue weighted by Gasteiger charge is 2.24. The van der Waals surface area contributed by atoms with Gasteiger partial charge >= 0.3 is 0 Å². The average Bonchev–Trinajstić information content (AvgIpc) is 2.63. The van der Waals surface area contributed by atoms with Crippen molar-refractivity contribution in [3.63, 3.8) is 0 Å². The Morgan fingerprint density at radius 2 is 2.40 bits per heavy atom. The fourth-order valence-corrected chi connectivity index (χ4v) is 2.06. The van der Waals surface area contributed by atoms with Gasteiger partial charge in [0.05, 0.1) is 12.6 Å². The predicted octanol–water partition coefficient (Wildman–Crippen LogP) is 0.632. The number of hydrogen-bond donors (Lipinski definition) is 2. The summed E-state index contributed by atoms with van der Waals surface area (Å²) in [7, 11) is 0. The van der Waals surface area contributed by atoms with Crippen LogP contribution in [-0.4, -0.2) is 33.6 Å². The highest BCUT2D eigenvalue weighted by atomic mass is 16.3. The van der Waals surface area contributed by atoms with Gasteiger partial charge in [0.1, 0.15) is 0 Å². The van der Waals surface area contributed by atoms with E-state index in [2.05, 4.69) is 17.3 Å². The normalized spacial score (nSPS) is 27.3. The largest absolute Gasteiger partial charge is 0.390 e. The summed E-state index contributed by atoms with van der Waals surface area (Å²) in [6, 6.07) is 2.49. The summed E-state index contributed by atoms with van der Waals surface area (Å²) in [6.45, 7) is 3.50. The van der Waals surface area contributed by atoms with E-state index in [1.165, 1.54) is 12.8 Å². The van der Waals surface area contributed by atoms with Gasteiger partial charge in [0, 0.05) is 25.0 Å². The number of nitrogens with one attached hydrogen (secondary N) is 1. The molecule has 0 spiro atoms. The fraction of sp³-hybridized carbons (Fsp3) is 0.727. The molecule has 1 aromatic rings. The molecule has 0 aliphatic heterocycles. The molecule has 1 aliphatic carbocycles.